The first-order chi connectivity index (χ1) is 11.0. The molecule has 7 heteroatoms. The van der Waals surface area contributed by atoms with Gasteiger partial charge in [-0.25, -0.2) is 9.78 Å². The van der Waals surface area contributed by atoms with Gasteiger partial charge in [-0.2, -0.15) is 0 Å². The van der Waals surface area contributed by atoms with Crippen molar-refractivity contribution in [3.05, 3.63) is 23.9 Å². The van der Waals surface area contributed by atoms with E-state index in [0.29, 0.717) is 6.54 Å². The number of carbonyl (C=O) groups excluding carboxylic acids is 1. The molecule has 2 heterocycles. The summed E-state index contributed by atoms with van der Waals surface area (Å²) in [6, 6.07) is 3.37. The molecule has 1 aliphatic heterocycles. The molecule has 0 unspecified atom stereocenters. The molecule has 0 saturated carbocycles. The number of nitrogens with one attached hydrogen (secondary N) is 2. The number of ether oxygens (including phenoxy) is 1. The van der Waals surface area contributed by atoms with Crippen LogP contribution in [0, 0.1) is 0 Å². The molecule has 2 amide bonds. The molecule has 0 aliphatic carbocycles. The van der Waals surface area contributed by atoms with Gasteiger partial charge < -0.3 is 25.4 Å². The molecule has 23 heavy (non-hydrogen) atoms. The van der Waals surface area contributed by atoms with Crippen LogP contribution in [0.15, 0.2) is 18.3 Å². The van der Waals surface area contributed by atoms with Crippen LogP contribution in [-0.2, 0) is 11.3 Å². The number of carbonyl (C=O) groups is 1. The molecule has 1 fully saturated rings. The molecule has 3 atom stereocenters. The molecule has 0 radical (unpaired) electrons. The zero-order valence-corrected chi connectivity index (χ0v) is 14.0. The third-order valence-corrected chi connectivity index (χ3v) is 3.66. The number of anilines is 1. The molecule has 1 saturated heterocycles. The summed E-state index contributed by atoms with van der Waals surface area (Å²) in [5.74, 6) is 0.925. The topological polar surface area (TPSA) is 86.7 Å². The van der Waals surface area contributed by atoms with Crippen LogP contribution >= 0.6 is 0 Å². The molecule has 0 bridgehead atoms. The summed E-state index contributed by atoms with van der Waals surface area (Å²) in [5.41, 5.74) is 0.926. The monoisotopic (exact) mass is 322 g/mol. The third kappa shape index (κ3) is 5.37. The van der Waals surface area contributed by atoms with Crippen LogP contribution in [0.4, 0.5) is 10.6 Å². The van der Waals surface area contributed by atoms with Crippen molar-refractivity contribution in [2.24, 2.45) is 0 Å². The van der Waals surface area contributed by atoms with Crippen molar-refractivity contribution in [3.63, 3.8) is 0 Å². The second-order valence-electron chi connectivity index (χ2n) is 6.10. The predicted molar refractivity (Wildman–Crippen MR) is 88.4 cm³/mol. The van der Waals surface area contributed by atoms with E-state index in [-0.39, 0.29) is 30.9 Å². The summed E-state index contributed by atoms with van der Waals surface area (Å²) in [5, 5.41) is 14.3. The molecule has 1 aliphatic rings. The summed E-state index contributed by atoms with van der Waals surface area (Å²) in [7, 11) is 0. The Morgan fingerprint density at radius 2 is 2.13 bits per heavy atom. The van der Waals surface area contributed by atoms with Crippen molar-refractivity contribution in [1.82, 2.24) is 15.6 Å². The van der Waals surface area contributed by atoms with E-state index in [4.69, 9.17) is 9.84 Å². The van der Waals surface area contributed by atoms with Gasteiger partial charge in [-0.15, -0.1) is 0 Å². The first kappa shape index (κ1) is 17.5. The van der Waals surface area contributed by atoms with Crippen molar-refractivity contribution in [2.75, 3.05) is 24.6 Å². The van der Waals surface area contributed by atoms with Gasteiger partial charge in [0.25, 0.3) is 0 Å². The van der Waals surface area contributed by atoms with Gasteiger partial charge in [-0.3, -0.25) is 0 Å². The van der Waals surface area contributed by atoms with Gasteiger partial charge in [-0.1, -0.05) is 6.07 Å². The number of urea groups is 1. The minimum atomic E-state index is -0.300. The number of rotatable bonds is 5. The van der Waals surface area contributed by atoms with E-state index >= 15 is 0 Å². The highest BCUT2D eigenvalue weighted by Gasteiger charge is 2.22. The second-order valence-corrected chi connectivity index (χ2v) is 6.10. The molecule has 1 aromatic heterocycles. The van der Waals surface area contributed by atoms with E-state index in [1.165, 1.54) is 0 Å². The van der Waals surface area contributed by atoms with Crippen LogP contribution in [0.2, 0.25) is 0 Å². The highest BCUT2D eigenvalue weighted by Crippen LogP contribution is 2.18. The van der Waals surface area contributed by atoms with E-state index in [0.717, 1.165) is 24.5 Å². The van der Waals surface area contributed by atoms with Crippen LogP contribution in [0.5, 0.6) is 0 Å². The zero-order valence-electron chi connectivity index (χ0n) is 14.0. The molecule has 3 N–H and O–H groups in total. The summed E-state index contributed by atoms with van der Waals surface area (Å²) in [6.45, 7) is 7.83. The molecule has 0 aromatic carbocycles. The summed E-state index contributed by atoms with van der Waals surface area (Å²) >= 11 is 0. The van der Waals surface area contributed by atoms with Gasteiger partial charge in [0.1, 0.15) is 5.82 Å². The molecule has 0 spiro atoms. The number of hydrogen-bond donors (Lipinski definition) is 3. The van der Waals surface area contributed by atoms with Gasteiger partial charge in [0.05, 0.1) is 24.9 Å². The Balaban J connectivity index is 1.86. The number of hydrogen-bond acceptors (Lipinski definition) is 5. The van der Waals surface area contributed by atoms with E-state index in [2.05, 4.69) is 34.4 Å². The lowest BCUT2D eigenvalue weighted by Crippen LogP contribution is -2.45. The van der Waals surface area contributed by atoms with Gasteiger partial charge in [-0.05, 0) is 32.4 Å². The van der Waals surface area contributed by atoms with Gasteiger partial charge in [0, 0.05) is 25.8 Å². The lowest BCUT2D eigenvalue weighted by Gasteiger charge is -2.36. The molecule has 128 valence electrons. The number of morpholine rings is 1. The van der Waals surface area contributed by atoms with E-state index in [1.807, 2.05) is 12.1 Å². The Kier molecular flexibility index (Phi) is 6.18. The Morgan fingerprint density at radius 1 is 1.43 bits per heavy atom. The summed E-state index contributed by atoms with van der Waals surface area (Å²) in [6.07, 6.45) is 2.16. The second kappa shape index (κ2) is 8.12. The van der Waals surface area contributed by atoms with Crippen molar-refractivity contribution in [1.29, 1.82) is 0 Å². The van der Waals surface area contributed by atoms with E-state index < -0.39 is 0 Å². The van der Waals surface area contributed by atoms with Crippen molar-refractivity contribution in [3.8, 4) is 0 Å². The van der Waals surface area contributed by atoms with Gasteiger partial charge in [0.2, 0.25) is 0 Å². The number of aliphatic hydroxyl groups excluding tert-OH is 1. The maximum Gasteiger partial charge on any atom is 0.315 e. The first-order valence-electron chi connectivity index (χ1n) is 7.98. The SMILES string of the molecule is C[C@@H]1CN(c2ccc(CNC(=O)N[C@@H](C)CO)cn2)C[C@H](C)O1. The standard InChI is InChI=1S/C16H26N4O3/c1-11(10-21)19-16(22)18-7-14-4-5-15(17-6-14)20-8-12(2)23-13(3)9-20/h4-6,11-13,21H,7-10H2,1-3H3,(H2,18,19,22)/t11-,12-,13+/m0/s1. The zero-order chi connectivity index (χ0) is 16.8. The number of amides is 2. The lowest BCUT2D eigenvalue weighted by molar-refractivity contribution is -0.00546. The molecular formula is C16H26N4O3. The van der Waals surface area contributed by atoms with E-state index in [9.17, 15) is 4.79 Å². The van der Waals surface area contributed by atoms with Crippen molar-refractivity contribution in [2.45, 2.75) is 45.6 Å². The Hall–Kier alpha value is -1.86. The molecule has 1 aromatic rings. The highest BCUT2D eigenvalue weighted by atomic mass is 16.5. The largest absolute Gasteiger partial charge is 0.394 e. The number of aliphatic hydroxyl groups is 1. The fourth-order valence-corrected chi connectivity index (χ4v) is 2.58. The van der Waals surface area contributed by atoms with Gasteiger partial charge in [0.15, 0.2) is 0 Å². The normalized spacial score (nSPS) is 22.5. The molecule has 2 rings (SSSR count). The quantitative estimate of drug-likeness (QED) is 0.749. The van der Waals surface area contributed by atoms with Crippen LogP contribution in [-0.4, -0.2) is 54.1 Å². The molecule has 7 nitrogen and oxygen atoms in total. The molecular weight excluding hydrogens is 296 g/mol. The average molecular weight is 322 g/mol. The fourth-order valence-electron chi connectivity index (χ4n) is 2.58. The smallest absolute Gasteiger partial charge is 0.315 e. The minimum absolute atomic E-state index is 0.0833. The van der Waals surface area contributed by atoms with Crippen LogP contribution in [0.25, 0.3) is 0 Å². The predicted octanol–water partition coefficient (Wildman–Crippen LogP) is 0.875. The minimum Gasteiger partial charge on any atom is -0.394 e. The maximum atomic E-state index is 11.6. The Bertz CT molecular complexity index is 499. The Morgan fingerprint density at radius 3 is 2.70 bits per heavy atom. The van der Waals surface area contributed by atoms with Gasteiger partial charge >= 0.3 is 6.03 Å². The highest BCUT2D eigenvalue weighted by molar-refractivity contribution is 5.74. The first-order valence-corrected chi connectivity index (χ1v) is 7.98. The summed E-state index contributed by atoms with van der Waals surface area (Å²) < 4.78 is 5.73. The number of aromatic nitrogens is 1. The maximum absolute atomic E-state index is 11.6. The van der Waals surface area contributed by atoms with Crippen molar-refractivity contribution < 1.29 is 14.6 Å². The fraction of sp³-hybridized carbons (Fsp3) is 0.625. The number of nitrogens with zero attached hydrogens (tertiary/aromatic N) is 2. The third-order valence-electron chi connectivity index (χ3n) is 3.66. The van der Waals surface area contributed by atoms with Crippen LogP contribution in [0.1, 0.15) is 26.3 Å². The van der Waals surface area contributed by atoms with Crippen molar-refractivity contribution >= 4 is 11.8 Å². The lowest BCUT2D eigenvalue weighted by atomic mass is 10.2. The Labute approximate surface area is 137 Å². The van der Waals surface area contributed by atoms with E-state index in [1.54, 1.807) is 13.1 Å². The van der Waals surface area contributed by atoms with Crippen LogP contribution < -0.4 is 15.5 Å². The number of pyridine rings is 1. The van der Waals surface area contributed by atoms with Crippen LogP contribution in [0.3, 0.4) is 0 Å². The summed E-state index contributed by atoms with van der Waals surface area (Å²) in [4.78, 5) is 18.3. The average Bonchev–Trinajstić information content (AvgIpc) is 2.52.